The lowest BCUT2D eigenvalue weighted by Gasteiger charge is -2.16. The first-order valence-corrected chi connectivity index (χ1v) is 6.67. The second kappa shape index (κ2) is 6.98. The van der Waals surface area contributed by atoms with E-state index in [1.165, 1.54) is 10.5 Å². The van der Waals surface area contributed by atoms with E-state index < -0.39 is 6.09 Å². The number of carbonyl (C=O) groups is 1. The SMILES string of the molecule is CC(C)C=CN(Cc1cccc(C(C)C)c1)C(=O)O. The van der Waals surface area contributed by atoms with Crippen molar-refractivity contribution in [2.45, 2.75) is 40.2 Å². The van der Waals surface area contributed by atoms with E-state index in [0.717, 1.165) is 5.56 Å². The average Bonchev–Trinajstić information content (AvgIpc) is 2.34. The van der Waals surface area contributed by atoms with E-state index in [-0.39, 0.29) is 0 Å². The lowest BCUT2D eigenvalue weighted by atomic mass is 10.0. The number of rotatable bonds is 5. The predicted molar refractivity (Wildman–Crippen MR) is 78.1 cm³/mol. The molecule has 0 aliphatic carbocycles. The Balaban J connectivity index is 2.85. The molecule has 19 heavy (non-hydrogen) atoms. The predicted octanol–water partition coefficient (Wildman–Crippen LogP) is 4.46. The third kappa shape index (κ3) is 5.16. The summed E-state index contributed by atoms with van der Waals surface area (Å²) in [5.41, 5.74) is 2.25. The van der Waals surface area contributed by atoms with Gasteiger partial charge in [0, 0.05) is 6.20 Å². The van der Waals surface area contributed by atoms with Crippen LogP contribution in [0.1, 0.15) is 44.7 Å². The fraction of sp³-hybridized carbons (Fsp3) is 0.438. The van der Waals surface area contributed by atoms with Gasteiger partial charge in [-0.15, -0.1) is 0 Å². The zero-order valence-corrected chi connectivity index (χ0v) is 12.1. The van der Waals surface area contributed by atoms with Crippen molar-refractivity contribution in [1.82, 2.24) is 4.90 Å². The molecular formula is C16H23NO2. The summed E-state index contributed by atoms with van der Waals surface area (Å²) < 4.78 is 0. The molecule has 0 atom stereocenters. The fourth-order valence-electron chi connectivity index (χ4n) is 1.71. The van der Waals surface area contributed by atoms with Crippen LogP contribution in [0.15, 0.2) is 36.5 Å². The molecule has 0 aliphatic rings. The molecule has 0 spiro atoms. The van der Waals surface area contributed by atoms with E-state index in [1.807, 2.05) is 32.1 Å². The monoisotopic (exact) mass is 261 g/mol. The third-order valence-corrected chi connectivity index (χ3v) is 2.87. The maximum absolute atomic E-state index is 11.2. The summed E-state index contributed by atoms with van der Waals surface area (Å²) in [6, 6.07) is 8.09. The highest BCUT2D eigenvalue weighted by Gasteiger charge is 2.10. The first kappa shape index (κ1) is 15.3. The molecule has 0 radical (unpaired) electrons. The Labute approximate surface area is 115 Å². The second-order valence-corrected chi connectivity index (χ2v) is 5.40. The Bertz CT molecular complexity index is 450. The van der Waals surface area contributed by atoms with Gasteiger partial charge in [0.15, 0.2) is 0 Å². The fourth-order valence-corrected chi connectivity index (χ4v) is 1.71. The van der Waals surface area contributed by atoms with Crippen LogP contribution in [0.5, 0.6) is 0 Å². The highest BCUT2D eigenvalue weighted by atomic mass is 16.4. The second-order valence-electron chi connectivity index (χ2n) is 5.40. The maximum Gasteiger partial charge on any atom is 0.411 e. The van der Waals surface area contributed by atoms with E-state index in [0.29, 0.717) is 18.4 Å². The molecule has 0 aromatic heterocycles. The smallest absolute Gasteiger partial charge is 0.411 e. The standard InChI is InChI=1S/C16H23NO2/c1-12(2)8-9-17(16(18)19)11-14-6-5-7-15(10-14)13(3)4/h5-10,12-13H,11H2,1-4H3,(H,18,19). The number of allylic oxidation sites excluding steroid dienone is 1. The normalized spacial score (nSPS) is 11.5. The molecule has 1 aromatic rings. The van der Waals surface area contributed by atoms with E-state index >= 15 is 0 Å². The van der Waals surface area contributed by atoms with Gasteiger partial charge in [-0.3, -0.25) is 4.90 Å². The Morgan fingerprint density at radius 2 is 2.00 bits per heavy atom. The summed E-state index contributed by atoms with van der Waals surface area (Å²) in [5.74, 6) is 0.785. The largest absolute Gasteiger partial charge is 0.465 e. The molecule has 0 bridgehead atoms. The van der Waals surface area contributed by atoms with Crippen molar-refractivity contribution in [3.05, 3.63) is 47.7 Å². The van der Waals surface area contributed by atoms with Crippen molar-refractivity contribution >= 4 is 6.09 Å². The van der Waals surface area contributed by atoms with Crippen LogP contribution in [0.4, 0.5) is 4.79 Å². The van der Waals surface area contributed by atoms with Gasteiger partial charge in [0.1, 0.15) is 0 Å². The van der Waals surface area contributed by atoms with Crippen LogP contribution in [-0.4, -0.2) is 16.1 Å². The van der Waals surface area contributed by atoms with Gasteiger partial charge < -0.3 is 5.11 Å². The van der Waals surface area contributed by atoms with Crippen LogP contribution in [0.3, 0.4) is 0 Å². The molecule has 0 fully saturated rings. The first-order chi connectivity index (χ1) is 8.90. The number of amides is 1. The van der Waals surface area contributed by atoms with E-state index in [1.54, 1.807) is 6.20 Å². The van der Waals surface area contributed by atoms with Gasteiger partial charge in [-0.1, -0.05) is 58.0 Å². The summed E-state index contributed by atoms with van der Waals surface area (Å²) in [4.78, 5) is 12.5. The minimum atomic E-state index is -0.924. The molecule has 1 rings (SSSR count). The Morgan fingerprint density at radius 3 is 2.53 bits per heavy atom. The topological polar surface area (TPSA) is 40.5 Å². The minimum absolute atomic E-state index is 0.337. The van der Waals surface area contributed by atoms with Crippen LogP contribution in [0.25, 0.3) is 0 Å². The first-order valence-electron chi connectivity index (χ1n) is 6.67. The number of hydrogen-bond donors (Lipinski definition) is 1. The van der Waals surface area contributed by atoms with Crippen molar-refractivity contribution in [3.63, 3.8) is 0 Å². The Morgan fingerprint density at radius 1 is 1.32 bits per heavy atom. The molecule has 0 heterocycles. The van der Waals surface area contributed by atoms with Crippen LogP contribution < -0.4 is 0 Å². The summed E-state index contributed by atoms with van der Waals surface area (Å²) in [5, 5.41) is 9.20. The lowest BCUT2D eigenvalue weighted by Crippen LogP contribution is -2.23. The van der Waals surface area contributed by atoms with Crippen LogP contribution in [-0.2, 0) is 6.54 Å². The molecule has 0 saturated heterocycles. The van der Waals surface area contributed by atoms with E-state index in [9.17, 15) is 9.90 Å². The van der Waals surface area contributed by atoms with E-state index in [4.69, 9.17) is 0 Å². The molecule has 1 amide bonds. The zero-order valence-electron chi connectivity index (χ0n) is 12.1. The summed E-state index contributed by atoms with van der Waals surface area (Å²) in [7, 11) is 0. The third-order valence-electron chi connectivity index (χ3n) is 2.87. The zero-order chi connectivity index (χ0) is 14.4. The number of benzene rings is 1. The van der Waals surface area contributed by atoms with Crippen LogP contribution >= 0.6 is 0 Å². The summed E-state index contributed by atoms with van der Waals surface area (Å²) in [6.07, 6.45) is 2.61. The van der Waals surface area contributed by atoms with Gasteiger partial charge in [0.2, 0.25) is 0 Å². The van der Waals surface area contributed by atoms with E-state index in [2.05, 4.69) is 26.0 Å². The van der Waals surface area contributed by atoms with Crippen molar-refractivity contribution in [2.75, 3.05) is 0 Å². The summed E-state index contributed by atoms with van der Waals surface area (Å²) in [6.45, 7) is 8.70. The molecule has 0 aliphatic heterocycles. The quantitative estimate of drug-likeness (QED) is 0.850. The number of carboxylic acid groups (broad SMARTS) is 1. The van der Waals surface area contributed by atoms with Gasteiger partial charge in [0.05, 0.1) is 6.54 Å². The van der Waals surface area contributed by atoms with Crippen LogP contribution in [0.2, 0.25) is 0 Å². The average molecular weight is 261 g/mol. The maximum atomic E-state index is 11.2. The highest BCUT2D eigenvalue weighted by Crippen LogP contribution is 2.17. The van der Waals surface area contributed by atoms with Gasteiger partial charge in [-0.2, -0.15) is 0 Å². The lowest BCUT2D eigenvalue weighted by molar-refractivity contribution is 0.161. The Hall–Kier alpha value is -1.77. The van der Waals surface area contributed by atoms with Crippen LogP contribution in [0, 0.1) is 5.92 Å². The van der Waals surface area contributed by atoms with Gasteiger partial charge in [0.25, 0.3) is 0 Å². The Kier molecular flexibility index (Phi) is 5.61. The minimum Gasteiger partial charge on any atom is -0.465 e. The van der Waals surface area contributed by atoms with Crippen molar-refractivity contribution in [3.8, 4) is 0 Å². The molecule has 104 valence electrons. The van der Waals surface area contributed by atoms with Crippen molar-refractivity contribution in [2.24, 2.45) is 5.92 Å². The molecule has 3 nitrogen and oxygen atoms in total. The van der Waals surface area contributed by atoms with Gasteiger partial charge in [-0.25, -0.2) is 4.79 Å². The molecule has 1 N–H and O–H groups in total. The number of nitrogens with zero attached hydrogens (tertiary/aromatic N) is 1. The molecule has 3 heteroatoms. The summed E-state index contributed by atoms with van der Waals surface area (Å²) >= 11 is 0. The van der Waals surface area contributed by atoms with Crippen molar-refractivity contribution < 1.29 is 9.90 Å². The molecule has 1 aromatic carbocycles. The molecule has 0 saturated carbocycles. The molecular weight excluding hydrogens is 238 g/mol. The highest BCUT2D eigenvalue weighted by molar-refractivity contribution is 5.66. The van der Waals surface area contributed by atoms with Gasteiger partial charge >= 0.3 is 6.09 Å². The molecule has 0 unspecified atom stereocenters. The number of hydrogen-bond acceptors (Lipinski definition) is 1. The van der Waals surface area contributed by atoms with Gasteiger partial charge in [-0.05, 0) is 23.0 Å². The van der Waals surface area contributed by atoms with Crippen molar-refractivity contribution in [1.29, 1.82) is 0 Å².